The van der Waals surface area contributed by atoms with Gasteiger partial charge in [-0.3, -0.25) is 9.78 Å². The highest BCUT2D eigenvalue weighted by Gasteiger charge is 2.22. The SMILES string of the molecule is O=C(NCc1ccc(F)cc1F)c1nnn(-c2ccc(F)cc2)c1-c1ccncc1. The Morgan fingerprint density at radius 1 is 0.933 bits per heavy atom. The van der Waals surface area contributed by atoms with E-state index in [1.54, 1.807) is 24.5 Å². The van der Waals surface area contributed by atoms with Crippen LogP contribution >= 0.6 is 0 Å². The Bertz CT molecular complexity index is 1190. The number of rotatable bonds is 5. The summed E-state index contributed by atoms with van der Waals surface area (Å²) in [5, 5.41) is 10.6. The lowest BCUT2D eigenvalue weighted by Crippen LogP contribution is -2.24. The van der Waals surface area contributed by atoms with Crippen LogP contribution in [0.4, 0.5) is 13.2 Å². The van der Waals surface area contributed by atoms with Gasteiger partial charge in [-0.15, -0.1) is 5.10 Å². The van der Waals surface area contributed by atoms with Gasteiger partial charge in [-0.05, 0) is 42.5 Å². The van der Waals surface area contributed by atoms with Crippen LogP contribution in [0.25, 0.3) is 16.9 Å². The standard InChI is InChI=1S/C21H14F3N5O/c22-15-3-5-17(6-4-15)29-20(13-7-9-25-10-8-13)19(27-28-29)21(30)26-12-14-1-2-16(23)11-18(14)24/h1-11H,12H2,(H,26,30). The highest BCUT2D eigenvalue weighted by molar-refractivity contribution is 5.98. The molecule has 0 spiro atoms. The van der Waals surface area contributed by atoms with Crippen molar-refractivity contribution in [1.29, 1.82) is 0 Å². The minimum Gasteiger partial charge on any atom is -0.346 e. The minimum absolute atomic E-state index is 0.00644. The first-order valence-electron chi connectivity index (χ1n) is 8.87. The van der Waals surface area contributed by atoms with E-state index in [1.807, 2.05) is 0 Å². The highest BCUT2D eigenvalue weighted by Crippen LogP contribution is 2.25. The van der Waals surface area contributed by atoms with E-state index in [0.717, 1.165) is 12.1 Å². The molecule has 0 bridgehead atoms. The quantitative estimate of drug-likeness (QED) is 0.546. The number of halogens is 3. The molecule has 4 aromatic rings. The summed E-state index contributed by atoms with van der Waals surface area (Å²) < 4.78 is 41.6. The van der Waals surface area contributed by atoms with Gasteiger partial charge in [0.1, 0.15) is 23.1 Å². The summed E-state index contributed by atoms with van der Waals surface area (Å²) in [6.45, 7) is -0.163. The summed E-state index contributed by atoms with van der Waals surface area (Å²) in [6, 6.07) is 12.0. The molecule has 0 aliphatic carbocycles. The van der Waals surface area contributed by atoms with Crippen molar-refractivity contribution in [2.24, 2.45) is 0 Å². The Morgan fingerprint density at radius 2 is 1.63 bits per heavy atom. The Morgan fingerprint density at radius 3 is 2.33 bits per heavy atom. The zero-order chi connectivity index (χ0) is 21.1. The molecule has 30 heavy (non-hydrogen) atoms. The molecular weight excluding hydrogens is 395 g/mol. The molecule has 9 heteroatoms. The van der Waals surface area contributed by atoms with E-state index >= 15 is 0 Å². The molecule has 0 aliphatic rings. The van der Waals surface area contributed by atoms with Crippen LogP contribution in [-0.4, -0.2) is 25.9 Å². The molecule has 0 saturated heterocycles. The second-order valence-electron chi connectivity index (χ2n) is 6.33. The third-order valence-electron chi connectivity index (χ3n) is 4.36. The van der Waals surface area contributed by atoms with Crippen LogP contribution in [0.2, 0.25) is 0 Å². The maximum atomic E-state index is 13.8. The second kappa shape index (κ2) is 8.16. The van der Waals surface area contributed by atoms with Crippen LogP contribution in [-0.2, 0) is 6.54 Å². The first-order chi connectivity index (χ1) is 14.5. The molecule has 1 amide bonds. The molecule has 0 radical (unpaired) electrons. The summed E-state index contributed by atoms with van der Waals surface area (Å²) in [4.78, 5) is 16.8. The molecule has 1 N–H and O–H groups in total. The molecule has 0 fully saturated rings. The lowest BCUT2D eigenvalue weighted by Gasteiger charge is -2.09. The van der Waals surface area contributed by atoms with Crippen LogP contribution in [0.15, 0.2) is 67.0 Å². The van der Waals surface area contributed by atoms with E-state index in [4.69, 9.17) is 0 Å². The van der Waals surface area contributed by atoms with Crippen LogP contribution < -0.4 is 5.32 Å². The van der Waals surface area contributed by atoms with Crippen molar-refractivity contribution in [2.75, 3.05) is 0 Å². The van der Waals surface area contributed by atoms with Gasteiger partial charge in [-0.25, -0.2) is 17.9 Å². The number of pyridine rings is 1. The van der Waals surface area contributed by atoms with Crippen molar-refractivity contribution < 1.29 is 18.0 Å². The average Bonchev–Trinajstić information content (AvgIpc) is 3.19. The fourth-order valence-corrected chi connectivity index (χ4v) is 2.89. The summed E-state index contributed by atoms with van der Waals surface area (Å²) in [6.07, 6.45) is 3.10. The van der Waals surface area contributed by atoms with E-state index in [0.29, 0.717) is 16.9 Å². The third kappa shape index (κ3) is 3.90. The van der Waals surface area contributed by atoms with Gasteiger partial charge >= 0.3 is 0 Å². The van der Waals surface area contributed by atoms with Gasteiger partial charge in [-0.2, -0.15) is 0 Å². The summed E-state index contributed by atoms with van der Waals surface area (Å²) in [5.41, 5.74) is 1.59. The lowest BCUT2D eigenvalue weighted by atomic mass is 10.1. The zero-order valence-corrected chi connectivity index (χ0v) is 15.4. The Labute approximate surface area is 169 Å². The van der Waals surface area contributed by atoms with Gasteiger partial charge in [0.25, 0.3) is 5.91 Å². The summed E-state index contributed by atoms with van der Waals surface area (Å²) >= 11 is 0. The van der Waals surface area contributed by atoms with E-state index < -0.39 is 23.4 Å². The van der Waals surface area contributed by atoms with E-state index in [2.05, 4.69) is 20.6 Å². The Hall–Kier alpha value is -4.01. The molecule has 4 rings (SSSR count). The number of nitrogens with one attached hydrogen (secondary N) is 1. The number of amides is 1. The normalized spacial score (nSPS) is 10.8. The van der Waals surface area contributed by atoms with Crippen molar-refractivity contribution in [1.82, 2.24) is 25.3 Å². The van der Waals surface area contributed by atoms with Crippen LogP contribution in [0.3, 0.4) is 0 Å². The molecule has 0 aliphatic heterocycles. The van der Waals surface area contributed by atoms with Crippen molar-refractivity contribution in [2.45, 2.75) is 6.54 Å². The van der Waals surface area contributed by atoms with E-state index in [-0.39, 0.29) is 17.8 Å². The molecule has 2 heterocycles. The zero-order valence-electron chi connectivity index (χ0n) is 15.4. The Balaban J connectivity index is 1.69. The van der Waals surface area contributed by atoms with Crippen molar-refractivity contribution in [3.63, 3.8) is 0 Å². The molecule has 0 unspecified atom stereocenters. The van der Waals surface area contributed by atoms with Crippen LogP contribution in [0.5, 0.6) is 0 Å². The van der Waals surface area contributed by atoms with Gasteiger partial charge in [0.05, 0.1) is 5.69 Å². The molecular formula is C21H14F3N5O. The fourth-order valence-electron chi connectivity index (χ4n) is 2.89. The number of benzene rings is 2. The monoisotopic (exact) mass is 409 g/mol. The summed E-state index contributed by atoms with van der Waals surface area (Å²) in [7, 11) is 0. The minimum atomic E-state index is -0.764. The van der Waals surface area contributed by atoms with Gasteiger partial charge in [0, 0.05) is 36.1 Å². The van der Waals surface area contributed by atoms with Gasteiger partial charge in [-0.1, -0.05) is 11.3 Å². The molecule has 2 aromatic heterocycles. The molecule has 150 valence electrons. The highest BCUT2D eigenvalue weighted by atomic mass is 19.1. The molecule has 0 saturated carbocycles. The smallest absolute Gasteiger partial charge is 0.274 e. The topological polar surface area (TPSA) is 72.7 Å². The average molecular weight is 409 g/mol. The van der Waals surface area contributed by atoms with Crippen molar-refractivity contribution >= 4 is 5.91 Å². The number of aromatic nitrogens is 4. The lowest BCUT2D eigenvalue weighted by molar-refractivity contribution is 0.0946. The number of hydrogen-bond donors (Lipinski definition) is 1. The number of nitrogens with zero attached hydrogens (tertiary/aromatic N) is 4. The van der Waals surface area contributed by atoms with Crippen molar-refractivity contribution in [3.8, 4) is 16.9 Å². The third-order valence-corrected chi connectivity index (χ3v) is 4.36. The molecule has 2 aromatic carbocycles. The molecule has 6 nitrogen and oxygen atoms in total. The van der Waals surface area contributed by atoms with Gasteiger partial charge in [0.15, 0.2) is 5.69 Å². The second-order valence-corrected chi connectivity index (χ2v) is 6.33. The number of carbonyl (C=O) groups is 1. The van der Waals surface area contributed by atoms with Crippen molar-refractivity contribution in [3.05, 3.63) is 95.7 Å². The first kappa shape index (κ1) is 19.3. The number of carbonyl (C=O) groups excluding carboxylic acids is 1. The first-order valence-corrected chi connectivity index (χ1v) is 8.87. The fraction of sp³-hybridized carbons (Fsp3) is 0.0476. The Kier molecular flexibility index (Phi) is 5.25. The van der Waals surface area contributed by atoms with Gasteiger partial charge < -0.3 is 5.32 Å². The van der Waals surface area contributed by atoms with E-state index in [1.165, 1.54) is 35.0 Å². The van der Waals surface area contributed by atoms with E-state index in [9.17, 15) is 18.0 Å². The predicted octanol–water partition coefficient (Wildman–Crippen LogP) is 3.68. The number of hydrogen-bond acceptors (Lipinski definition) is 4. The predicted molar refractivity (Wildman–Crippen MR) is 102 cm³/mol. The molecule has 0 atom stereocenters. The maximum absolute atomic E-state index is 13.8. The van der Waals surface area contributed by atoms with Crippen LogP contribution in [0, 0.1) is 17.5 Å². The van der Waals surface area contributed by atoms with Crippen LogP contribution in [0.1, 0.15) is 16.1 Å². The summed E-state index contributed by atoms with van der Waals surface area (Å²) in [5.74, 6) is -2.48. The van der Waals surface area contributed by atoms with Gasteiger partial charge in [0.2, 0.25) is 0 Å². The maximum Gasteiger partial charge on any atom is 0.274 e. The largest absolute Gasteiger partial charge is 0.346 e.